The number of aromatic amines is 1. The van der Waals surface area contributed by atoms with Gasteiger partial charge in [-0.1, -0.05) is 49.4 Å². The van der Waals surface area contributed by atoms with Gasteiger partial charge in [0.15, 0.2) is 0 Å². The zero-order valence-electron chi connectivity index (χ0n) is 12.0. The van der Waals surface area contributed by atoms with Crippen molar-refractivity contribution in [3.8, 4) is 0 Å². The van der Waals surface area contributed by atoms with Crippen LogP contribution in [0.15, 0.2) is 34.1 Å². The highest BCUT2D eigenvalue weighted by atomic mass is 32.2. The molecule has 110 valence electrons. The Balaban J connectivity index is 2.05. The first-order valence-corrected chi connectivity index (χ1v) is 8.81. The first-order valence-electron chi connectivity index (χ1n) is 7.01. The van der Waals surface area contributed by atoms with E-state index in [0.717, 1.165) is 27.5 Å². The number of rotatable bonds is 3. The van der Waals surface area contributed by atoms with E-state index in [4.69, 9.17) is 0 Å². The minimum absolute atomic E-state index is 0.00362. The van der Waals surface area contributed by atoms with Crippen LogP contribution in [0, 0.1) is 5.92 Å². The Hall–Kier alpha value is -1.33. The average molecular weight is 319 g/mol. The molecular weight excluding hydrogens is 302 g/mol. The molecule has 3 rings (SSSR count). The molecule has 0 aliphatic carbocycles. The molecule has 1 aliphatic heterocycles. The molecule has 1 aromatic carbocycles. The molecule has 0 fully saturated rings. The minimum Gasteiger partial charge on any atom is -0.307 e. The number of fused-ring (bicyclic) bond motifs is 1. The van der Waals surface area contributed by atoms with Gasteiger partial charge < -0.3 is 9.78 Å². The number of carbonyl (C=O) groups is 1. The van der Waals surface area contributed by atoms with Crippen molar-refractivity contribution in [1.82, 2.24) is 4.98 Å². The molecule has 0 saturated heterocycles. The van der Waals surface area contributed by atoms with Crippen molar-refractivity contribution < 1.29 is 4.79 Å². The maximum atomic E-state index is 11.6. The fourth-order valence-electron chi connectivity index (χ4n) is 2.71. The number of aldehydes is 1. The van der Waals surface area contributed by atoms with Crippen molar-refractivity contribution in [2.24, 2.45) is 5.92 Å². The summed E-state index contributed by atoms with van der Waals surface area (Å²) in [7, 11) is 0. The fourth-order valence-corrected chi connectivity index (χ4v) is 5.08. The summed E-state index contributed by atoms with van der Waals surface area (Å²) in [6.45, 7) is 4.33. The normalized spacial score (nSPS) is 21.3. The monoisotopic (exact) mass is 319 g/mol. The van der Waals surface area contributed by atoms with Gasteiger partial charge in [-0.3, -0.25) is 4.79 Å². The van der Waals surface area contributed by atoms with Crippen molar-refractivity contribution in [2.75, 3.05) is 5.75 Å². The summed E-state index contributed by atoms with van der Waals surface area (Å²) in [5.74, 6) is 1.14. The number of nitrogens with one attached hydrogen (secondary N) is 1. The number of benzene rings is 1. The van der Waals surface area contributed by atoms with Gasteiger partial charge >= 0.3 is 4.87 Å². The predicted molar refractivity (Wildman–Crippen MR) is 87.6 cm³/mol. The van der Waals surface area contributed by atoms with Crippen LogP contribution in [-0.4, -0.2) is 17.0 Å². The molecule has 1 aromatic heterocycles. The van der Waals surface area contributed by atoms with E-state index in [-0.39, 0.29) is 16.7 Å². The molecule has 2 heterocycles. The van der Waals surface area contributed by atoms with Gasteiger partial charge in [-0.2, -0.15) is 0 Å². The topological polar surface area (TPSA) is 49.9 Å². The molecule has 0 radical (unpaired) electrons. The molecule has 0 amide bonds. The van der Waals surface area contributed by atoms with E-state index in [9.17, 15) is 9.59 Å². The number of hydrogen-bond donors (Lipinski definition) is 1. The van der Waals surface area contributed by atoms with Crippen LogP contribution in [0.25, 0.3) is 0 Å². The van der Waals surface area contributed by atoms with Crippen molar-refractivity contribution in [2.45, 2.75) is 30.7 Å². The molecule has 3 nitrogen and oxygen atoms in total. The molecule has 2 unspecified atom stereocenters. The molecule has 0 spiro atoms. The largest absolute Gasteiger partial charge is 0.307 e. The Morgan fingerprint density at radius 2 is 2.00 bits per heavy atom. The van der Waals surface area contributed by atoms with Crippen LogP contribution in [-0.2, 0) is 4.79 Å². The predicted octanol–water partition coefficient (Wildman–Crippen LogP) is 3.61. The van der Waals surface area contributed by atoms with E-state index < -0.39 is 0 Å². The Kier molecular flexibility index (Phi) is 4.04. The van der Waals surface area contributed by atoms with Gasteiger partial charge in [0.1, 0.15) is 6.29 Å². The zero-order valence-corrected chi connectivity index (χ0v) is 13.6. The Labute approximate surface area is 131 Å². The Morgan fingerprint density at radius 1 is 1.29 bits per heavy atom. The third-order valence-electron chi connectivity index (χ3n) is 3.91. The van der Waals surface area contributed by atoms with Crippen LogP contribution in [0.5, 0.6) is 0 Å². The second-order valence-corrected chi connectivity index (χ2v) is 7.66. The van der Waals surface area contributed by atoms with Crippen LogP contribution in [0.1, 0.15) is 41.7 Å². The van der Waals surface area contributed by atoms with Crippen LogP contribution >= 0.6 is 23.1 Å². The molecule has 0 saturated carbocycles. The van der Waals surface area contributed by atoms with Crippen molar-refractivity contribution in [1.29, 1.82) is 0 Å². The van der Waals surface area contributed by atoms with Gasteiger partial charge in [0.2, 0.25) is 0 Å². The summed E-state index contributed by atoms with van der Waals surface area (Å²) >= 11 is 2.80. The highest BCUT2D eigenvalue weighted by Crippen LogP contribution is 2.44. The van der Waals surface area contributed by atoms with Crippen molar-refractivity contribution in [3.63, 3.8) is 0 Å². The highest BCUT2D eigenvalue weighted by Gasteiger charge is 2.33. The SMILES string of the molecule is CC(C)c1ccc(C2c3sc(=O)[nH]c3SCC2C=O)cc1. The number of H-pyrrole nitrogens is 1. The summed E-state index contributed by atoms with van der Waals surface area (Å²) in [5, 5.41) is 0.932. The van der Waals surface area contributed by atoms with Crippen LogP contribution in [0.2, 0.25) is 0 Å². The maximum absolute atomic E-state index is 11.6. The molecule has 2 atom stereocenters. The van der Waals surface area contributed by atoms with Gasteiger partial charge in [0, 0.05) is 22.5 Å². The first kappa shape index (κ1) is 14.6. The number of hydrogen-bond acceptors (Lipinski definition) is 4. The summed E-state index contributed by atoms with van der Waals surface area (Å²) in [5.41, 5.74) is 2.40. The average Bonchev–Trinajstić information content (AvgIpc) is 2.86. The molecule has 5 heteroatoms. The van der Waals surface area contributed by atoms with E-state index in [2.05, 4.69) is 43.1 Å². The van der Waals surface area contributed by atoms with Gasteiger partial charge in [-0.25, -0.2) is 0 Å². The standard InChI is InChI=1S/C16H17NO2S2/c1-9(2)10-3-5-11(6-4-10)13-12(7-18)8-20-15-14(13)21-16(19)17-15/h3-7,9,12-13H,8H2,1-2H3,(H,17,19). The lowest BCUT2D eigenvalue weighted by Crippen LogP contribution is -2.21. The Morgan fingerprint density at radius 3 is 2.62 bits per heavy atom. The maximum Gasteiger partial charge on any atom is 0.305 e. The van der Waals surface area contributed by atoms with Crippen LogP contribution in [0.4, 0.5) is 0 Å². The summed E-state index contributed by atoms with van der Waals surface area (Å²) in [6, 6.07) is 8.44. The summed E-state index contributed by atoms with van der Waals surface area (Å²) < 4.78 is 0. The lowest BCUT2D eigenvalue weighted by atomic mass is 9.85. The highest BCUT2D eigenvalue weighted by molar-refractivity contribution is 7.99. The molecule has 21 heavy (non-hydrogen) atoms. The van der Waals surface area contributed by atoms with Gasteiger partial charge in [-0.05, 0) is 17.0 Å². The van der Waals surface area contributed by atoms with E-state index in [0.29, 0.717) is 5.92 Å². The third-order valence-corrected chi connectivity index (χ3v) is 6.17. The van der Waals surface area contributed by atoms with Crippen LogP contribution < -0.4 is 4.87 Å². The smallest absolute Gasteiger partial charge is 0.305 e. The summed E-state index contributed by atoms with van der Waals surface area (Å²) in [6.07, 6.45) is 1.03. The summed E-state index contributed by atoms with van der Waals surface area (Å²) in [4.78, 5) is 26.9. The molecular formula is C16H17NO2S2. The van der Waals surface area contributed by atoms with Crippen molar-refractivity contribution in [3.05, 3.63) is 49.9 Å². The number of thiazole rings is 1. The van der Waals surface area contributed by atoms with Gasteiger partial charge in [0.25, 0.3) is 0 Å². The Bertz CT molecular complexity index is 700. The first-order chi connectivity index (χ1) is 10.1. The number of carbonyl (C=O) groups excluding carboxylic acids is 1. The van der Waals surface area contributed by atoms with Gasteiger partial charge in [-0.15, -0.1) is 11.8 Å². The van der Waals surface area contributed by atoms with Crippen molar-refractivity contribution >= 4 is 29.4 Å². The van der Waals surface area contributed by atoms with E-state index in [1.54, 1.807) is 11.8 Å². The van der Waals surface area contributed by atoms with E-state index in [1.165, 1.54) is 16.9 Å². The minimum atomic E-state index is -0.0705. The number of aromatic nitrogens is 1. The molecule has 2 aromatic rings. The second-order valence-electron chi connectivity index (χ2n) is 5.62. The quantitative estimate of drug-likeness (QED) is 0.879. The lowest BCUT2D eigenvalue weighted by molar-refractivity contribution is -0.110. The molecule has 1 aliphatic rings. The zero-order chi connectivity index (χ0) is 15.0. The fraction of sp³-hybridized carbons (Fsp3) is 0.375. The van der Waals surface area contributed by atoms with E-state index >= 15 is 0 Å². The van der Waals surface area contributed by atoms with E-state index in [1.807, 2.05) is 0 Å². The molecule has 1 N–H and O–H groups in total. The lowest BCUT2D eigenvalue weighted by Gasteiger charge is -2.27. The van der Waals surface area contributed by atoms with Crippen LogP contribution in [0.3, 0.4) is 0 Å². The number of thioether (sulfide) groups is 1. The molecule has 0 bridgehead atoms. The van der Waals surface area contributed by atoms with Gasteiger partial charge in [0.05, 0.1) is 5.03 Å². The third kappa shape index (κ3) is 2.72. The second kappa shape index (κ2) is 5.81.